The van der Waals surface area contributed by atoms with Crippen molar-refractivity contribution in [3.05, 3.63) is 0 Å². The molecule has 18 heavy (non-hydrogen) atoms. The van der Waals surface area contributed by atoms with Crippen LogP contribution in [0, 0.1) is 17.2 Å². The zero-order valence-electron chi connectivity index (χ0n) is 10.6. The monoisotopic (exact) mass is 290 g/mol. The van der Waals surface area contributed by atoms with Crippen LogP contribution < -0.4 is 0 Å². The number of sulfone groups is 1. The van der Waals surface area contributed by atoms with Gasteiger partial charge < -0.3 is 4.90 Å². The molecule has 0 bridgehead atoms. The molecule has 0 saturated carbocycles. The van der Waals surface area contributed by atoms with E-state index in [1.165, 1.54) is 16.7 Å². The van der Waals surface area contributed by atoms with Gasteiger partial charge in [0.25, 0.3) is 0 Å². The average molecular weight is 290 g/mol. The number of nitriles is 1. The van der Waals surface area contributed by atoms with Gasteiger partial charge in [0, 0.05) is 24.3 Å². The molecule has 1 amide bonds. The molecule has 0 aromatic carbocycles. The first-order valence-corrected chi connectivity index (χ1v) is 8.99. The van der Waals surface area contributed by atoms with Gasteiger partial charge in [0.1, 0.15) is 11.3 Å². The second-order valence-corrected chi connectivity index (χ2v) is 7.71. The first-order chi connectivity index (χ1) is 8.41. The van der Waals surface area contributed by atoms with Crippen molar-refractivity contribution in [3.8, 4) is 6.07 Å². The van der Waals surface area contributed by atoms with E-state index < -0.39 is 21.1 Å². The van der Waals surface area contributed by atoms with Crippen LogP contribution in [0.15, 0.2) is 0 Å². The van der Waals surface area contributed by atoms with Crippen LogP contribution in [0.5, 0.6) is 0 Å². The van der Waals surface area contributed by atoms with Crippen LogP contribution in [0.3, 0.4) is 0 Å². The maximum atomic E-state index is 12.2. The summed E-state index contributed by atoms with van der Waals surface area (Å²) in [6.45, 7) is 2.31. The van der Waals surface area contributed by atoms with E-state index in [9.17, 15) is 13.2 Å². The summed E-state index contributed by atoms with van der Waals surface area (Å²) in [6, 6.07) is 1.98. The van der Waals surface area contributed by atoms with Crippen molar-refractivity contribution in [1.29, 1.82) is 5.26 Å². The fourth-order valence-electron chi connectivity index (χ4n) is 1.92. The molecule has 0 aromatic rings. The highest BCUT2D eigenvalue weighted by atomic mass is 32.2. The minimum absolute atomic E-state index is 0.338. The van der Waals surface area contributed by atoms with E-state index in [2.05, 4.69) is 0 Å². The Morgan fingerprint density at radius 3 is 2.78 bits per heavy atom. The first-order valence-electron chi connectivity index (χ1n) is 5.88. The van der Waals surface area contributed by atoms with Gasteiger partial charge in [-0.2, -0.15) is 17.0 Å². The molecule has 0 aliphatic carbocycles. The Kier molecular flexibility index (Phi) is 5.47. The number of carbonyl (C=O) groups excluding carboxylic acids is 1. The van der Waals surface area contributed by atoms with E-state index in [1.807, 2.05) is 13.0 Å². The molecule has 5 nitrogen and oxygen atoms in total. The zero-order chi connectivity index (χ0) is 13.8. The quantitative estimate of drug-likeness (QED) is 0.768. The topological polar surface area (TPSA) is 78.2 Å². The summed E-state index contributed by atoms with van der Waals surface area (Å²) in [7, 11) is -3.30. The Labute approximate surface area is 112 Å². The van der Waals surface area contributed by atoms with E-state index in [0.29, 0.717) is 18.7 Å². The van der Waals surface area contributed by atoms with Crippen LogP contribution in [-0.4, -0.2) is 48.9 Å². The lowest BCUT2D eigenvalue weighted by Crippen LogP contribution is -2.51. The summed E-state index contributed by atoms with van der Waals surface area (Å²) in [6.07, 6.45) is 2.36. The zero-order valence-corrected chi connectivity index (χ0v) is 12.3. The van der Waals surface area contributed by atoms with E-state index in [1.54, 1.807) is 0 Å². The van der Waals surface area contributed by atoms with Crippen molar-refractivity contribution in [3.63, 3.8) is 0 Å². The Bertz CT molecular complexity index is 442. The highest BCUT2D eigenvalue weighted by molar-refractivity contribution is 8.00. The number of hydrogen-bond acceptors (Lipinski definition) is 5. The minimum Gasteiger partial charge on any atom is -0.323 e. The van der Waals surface area contributed by atoms with Crippen molar-refractivity contribution in [2.24, 2.45) is 5.92 Å². The highest BCUT2D eigenvalue weighted by Crippen LogP contribution is 2.23. The number of amides is 1. The van der Waals surface area contributed by atoms with Gasteiger partial charge in [0.2, 0.25) is 5.91 Å². The highest BCUT2D eigenvalue weighted by Gasteiger charge is 2.36. The molecular weight excluding hydrogens is 272 g/mol. The van der Waals surface area contributed by atoms with E-state index >= 15 is 0 Å². The molecule has 1 rings (SSSR count). The Morgan fingerprint density at radius 1 is 1.61 bits per heavy atom. The Morgan fingerprint density at radius 2 is 2.28 bits per heavy atom. The third kappa shape index (κ3) is 3.62. The SMILES string of the molecule is CCCC(C#N)C(=O)N1CCSCC1S(C)(=O)=O. The van der Waals surface area contributed by atoms with Gasteiger partial charge in [-0.25, -0.2) is 8.42 Å². The van der Waals surface area contributed by atoms with Gasteiger partial charge in [-0.15, -0.1) is 0 Å². The minimum atomic E-state index is -3.30. The molecule has 1 aliphatic heterocycles. The maximum Gasteiger partial charge on any atom is 0.241 e. The Hall–Kier alpha value is -0.740. The van der Waals surface area contributed by atoms with Crippen LogP contribution in [0.2, 0.25) is 0 Å². The molecule has 1 fully saturated rings. The molecule has 2 unspecified atom stereocenters. The Balaban J connectivity index is 2.91. The molecule has 0 radical (unpaired) electrons. The molecule has 7 heteroatoms. The van der Waals surface area contributed by atoms with Crippen molar-refractivity contribution in [2.75, 3.05) is 24.3 Å². The normalized spacial score (nSPS) is 22.3. The number of hydrogen-bond donors (Lipinski definition) is 0. The summed E-state index contributed by atoms with van der Waals surface area (Å²) >= 11 is 1.53. The van der Waals surface area contributed by atoms with Gasteiger partial charge in [-0.1, -0.05) is 13.3 Å². The smallest absolute Gasteiger partial charge is 0.241 e. The third-order valence-corrected chi connectivity index (χ3v) is 5.54. The van der Waals surface area contributed by atoms with Crippen LogP contribution in [0.4, 0.5) is 0 Å². The van der Waals surface area contributed by atoms with E-state index in [-0.39, 0.29) is 5.91 Å². The molecular formula is C11H18N2O3S2. The van der Waals surface area contributed by atoms with Crippen molar-refractivity contribution < 1.29 is 13.2 Å². The summed E-state index contributed by atoms with van der Waals surface area (Å²) in [5.41, 5.74) is 0. The lowest BCUT2D eigenvalue weighted by atomic mass is 10.0. The van der Waals surface area contributed by atoms with Gasteiger partial charge in [0.15, 0.2) is 9.84 Å². The summed E-state index contributed by atoms with van der Waals surface area (Å²) in [5, 5.41) is 8.21. The largest absolute Gasteiger partial charge is 0.323 e. The predicted octanol–water partition coefficient (Wildman–Crippen LogP) is 0.872. The van der Waals surface area contributed by atoms with E-state index in [4.69, 9.17) is 5.26 Å². The molecule has 1 aliphatic rings. The fourth-order valence-corrected chi connectivity index (χ4v) is 4.74. The standard InChI is InChI=1S/C11H18N2O3S2/c1-3-4-9(7-12)11(14)13-5-6-17-8-10(13)18(2,15)16/h9-10H,3-6,8H2,1-2H3. The number of carbonyl (C=O) groups is 1. The lowest BCUT2D eigenvalue weighted by Gasteiger charge is -2.35. The molecule has 0 spiro atoms. The molecule has 0 aromatic heterocycles. The predicted molar refractivity (Wildman–Crippen MR) is 71.7 cm³/mol. The number of thioether (sulfide) groups is 1. The second kappa shape index (κ2) is 6.43. The molecule has 1 heterocycles. The van der Waals surface area contributed by atoms with Crippen LogP contribution in [-0.2, 0) is 14.6 Å². The maximum absolute atomic E-state index is 12.2. The second-order valence-electron chi connectivity index (χ2n) is 4.36. The van der Waals surface area contributed by atoms with Crippen LogP contribution in [0.25, 0.3) is 0 Å². The number of nitrogens with zero attached hydrogens (tertiary/aromatic N) is 2. The molecule has 102 valence electrons. The van der Waals surface area contributed by atoms with Crippen LogP contribution in [0.1, 0.15) is 19.8 Å². The van der Waals surface area contributed by atoms with Gasteiger partial charge in [-0.3, -0.25) is 4.79 Å². The summed E-state index contributed by atoms with van der Waals surface area (Å²) in [4.78, 5) is 13.6. The van der Waals surface area contributed by atoms with Gasteiger partial charge in [0.05, 0.1) is 6.07 Å². The van der Waals surface area contributed by atoms with Crippen molar-refractivity contribution in [2.45, 2.75) is 25.1 Å². The summed E-state index contributed by atoms with van der Waals surface area (Å²) in [5.74, 6) is 0.0640. The van der Waals surface area contributed by atoms with E-state index in [0.717, 1.165) is 18.4 Å². The third-order valence-electron chi connectivity index (χ3n) is 2.89. The molecule has 0 N–H and O–H groups in total. The number of rotatable bonds is 4. The summed E-state index contributed by atoms with van der Waals surface area (Å²) < 4.78 is 23.4. The van der Waals surface area contributed by atoms with Crippen molar-refractivity contribution >= 4 is 27.5 Å². The van der Waals surface area contributed by atoms with Gasteiger partial charge in [-0.05, 0) is 6.42 Å². The van der Waals surface area contributed by atoms with Crippen LogP contribution >= 0.6 is 11.8 Å². The fraction of sp³-hybridized carbons (Fsp3) is 0.818. The average Bonchev–Trinajstić information content (AvgIpc) is 2.34. The first kappa shape index (κ1) is 15.3. The van der Waals surface area contributed by atoms with Crippen molar-refractivity contribution in [1.82, 2.24) is 4.90 Å². The lowest BCUT2D eigenvalue weighted by molar-refractivity contribution is -0.134. The molecule has 2 atom stereocenters. The molecule has 1 saturated heterocycles. The van der Waals surface area contributed by atoms with Gasteiger partial charge >= 0.3 is 0 Å².